The van der Waals surface area contributed by atoms with Crippen LogP contribution in [0, 0.1) is 5.92 Å². The van der Waals surface area contributed by atoms with E-state index in [0.29, 0.717) is 0 Å². The van der Waals surface area contributed by atoms with Crippen LogP contribution in [0.25, 0.3) is 0 Å². The van der Waals surface area contributed by atoms with Gasteiger partial charge in [-0.1, -0.05) is 44.2 Å². The van der Waals surface area contributed by atoms with Crippen LogP contribution >= 0.6 is 0 Å². The summed E-state index contributed by atoms with van der Waals surface area (Å²) in [5.41, 5.74) is 0.836. The van der Waals surface area contributed by atoms with Gasteiger partial charge in [0.25, 0.3) is 0 Å². The maximum atomic E-state index is 11.8. The van der Waals surface area contributed by atoms with Gasteiger partial charge >= 0.3 is 0 Å². The van der Waals surface area contributed by atoms with Gasteiger partial charge in [-0.05, 0) is 12.5 Å². The Balaban J connectivity index is 2.76. The number of nitrogens with zero attached hydrogens (tertiary/aromatic N) is 1. The number of likely N-dealkylation sites (N-methyl/N-ethyl adjacent to an activating group) is 1. The van der Waals surface area contributed by atoms with Gasteiger partial charge in [0.05, 0.1) is 12.1 Å². The van der Waals surface area contributed by atoms with Crippen molar-refractivity contribution < 1.29 is 9.90 Å². The van der Waals surface area contributed by atoms with Crippen molar-refractivity contribution in [3.05, 3.63) is 35.9 Å². The molecule has 0 saturated heterocycles. The maximum absolute atomic E-state index is 11.8. The summed E-state index contributed by atoms with van der Waals surface area (Å²) in [5, 5.41) is 10.2. The van der Waals surface area contributed by atoms with Crippen LogP contribution in [-0.4, -0.2) is 29.0 Å². The molecule has 0 heterocycles. The van der Waals surface area contributed by atoms with E-state index in [1.807, 2.05) is 51.1 Å². The molecule has 1 aromatic rings. The van der Waals surface area contributed by atoms with Crippen molar-refractivity contribution in [2.45, 2.75) is 32.9 Å². The van der Waals surface area contributed by atoms with Crippen LogP contribution in [-0.2, 0) is 4.79 Å². The summed E-state index contributed by atoms with van der Waals surface area (Å²) >= 11 is 0. The van der Waals surface area contributed by atoms with Crippen molar-refractivity contribution in [3.63, 3.8) is 0 Å². The first-order valence-electron chi connectivity index (χ1n) is 5.94. The third-order valence-electron chi connectivity index (χ3n) is 3.05. The number of aliphatic hydroxyl groups excluding tert-OH is 1. The molecule has 0 fully saturated rings. The molecule has 0 saturated carbocycles. The topological polar surface area (TPSA) is 40.5 Å². The first-order chi connectivity index (χ1) is 7.95. The number of carbonyl (C=O) groups excluding carboxylic acids is 1. The average molecular weight is 235 g/mol. The lowest BCUT2D eigenvalue weighted by molar-refractivity contribution is -0.137. The lowest BCUT2D eigenvalue weighted by atomic mass is 10.0. The van der Waals surface area contributed by atoms with Crippen molar-refractivity contribution in [1.82, 2.24) is 4.90 Å². The molecule has 0 aliphatic carbocycles. The number of hydrogen-bond donors (Lipinski definition) is 1. The molecule has 0 aliphatic rings. The molecular formula is C14H21NO2. The van der Waals surface area contributed by atoms with Gasteiger partial charge in [0.2, 0.25) is 5.91 Å². The molecule has 0 bridgehead atoms. The summed E-state index contributed by atoms with van der Waals surface area (Å²) in [6.45, 7) is 5.58. The molecule has 17 heavy (non-hydrogen) atoms. The molecule has 1 aromatic carbocycles. The fourth-order valence-electron chi connectivity index (χ4n) is 1.75. The number of hydrogen-bond acceptors (Lipinski definition) is 2. The van der Waals surface area contributed by atoms with E-state index in [1.54, 1.807) is 11.9 Å². The zero-order valence-electron chi connectivity index (χ0n) is 10.9. The molecule has 1 rings (SSSR count). The maximum Gasteiger partial charge on any atom is 0.225 e. The molecule has 0 radical (unpaired) electrons. The summed E-state index contributed by atoms with van der Waals surface area (Å²) in [7, 11) is 1.74. The van der Waals surface area contributed by atoms with Crippen LogP contribution < -0.4 is 0 Å². The molecule has 3 nitrogen and oxygen atoms in total. The van der Waals surface area contributed by atoms with Gasteiger partial charge in [0, 0.05) is 13.0 Å². The average Bonchev–Trinajstić information content (AvgIpc) is 2.36. The molecule has 0 aromatic heterocycles. The summed E-state index contributed by atoms with van der Waals surface area (Å²) in [4.78, 5) is 13.4. The van der Waals surface area contributed by atoms with E-state index in [-0.39, 0.29) is 17.9 Å². The Labute approximate surface area is 103 Å². The largest absolute Gasteiger partial charge is 0.386 e. The van der Waals surface area contributed by atoms with E-state index in [0.717, 1.165) is 5.56 Å². The number of carbonyl (C=O) groups is 1. The van der Waals surface area contributed by atoms with Crippen molar-refractivity contribution in [3.8, 4) is 0 Å². The Morgan fingerprint density at radius 1 is 1.18 bits per heavy atom. The standard InChI is InChI=1S/C14H21NO2/c1-10(2)14(17)15(4)11(3)13(16)12-8-6-5-7-9-12/h5-11,13,16H,1-4H3/t11-,13+/m1/s1. The predicted octanol–water partition coefficient (Wildman–Crippen LogP) is 2.22. The highest BCUT2D eigenvalue weighted by Gasteiger charge is 2.25. The van der Waals surface area contributed by atoms with Crippen LogP contribution in [0.3, 0.4) is 0 Å². The minimum atomic E-state index is -0.649. The normalized spacial score (nSPS) is 14.5. The number of rotatable bonds is 4. The van der Waals surface area contributed by atoms with Crippen molar-refractivity contribution in [2.24, 2.45) is 5.92 Å². The van der Waals surface area contributed by atoms with Gasteiger partial charge in [0.15, 0.2) is 0 Å². The number of amides is 1. The predicted molar refractivity (Wildman–Crippen MR) is 68.5 cm³/mol. The molecule has 0 unspecified atom stereocenters. The molecular weight excluding hydrogens is 214 g/mol. The van der Waals surface area contributed by atoms with E-state index in [1.165, 1.54) is 0 Å². The minimum Gasteiger partial charge on any atom is -0.386 e. The monoisotopic (exact) mass is 235 g/mol. The Hall–Kier alpha value is -1.35. The molecule has 3 heteroatoms. The molecule has 1 N–H and O–H groups in total. The Morgan fingerprint density at radius 3 is 2.18 bits per heavy atom. The molecule has 0 spiro atoms. The zero-order valence-corrected chi connectivity index (χ0v) is 10.9. The van der Waals surface area contributed by atoms with Crippen molar-refractivity contribution >= 4 is 5.91 Å². The van der Waals surface area contributed by atoms with Gasteiger partial charge in [-0.15, -0.1) is 0 Å². The fraction of sp³-hybridized carbons (Fsp3) is 0.500. The van der Waals surface area contributed by atoms with Gasteiger partial charge < -0.3 is 10.0 Å². The lowest BCUT2D eigenvalue weighted by Crippen LogP contribution is -2.41. The molecule has 94 valence electrons. The van der Waals surface area contributed by atoms with Gasteiger partial charge in [-0.3, -0.25) is 4.79 Å². The first kappa shape index (κ1) is 13.7. The van der Waals surface area contributed by atoms with Crippen LogP contribution in [0.2, 0.25) is 0 Å². The third kappa shape index (κ3) is 3.30. The van der Waals surface area contributed by atoms with Gasteiger partial charge in [-0.2, -0.15) is 0 Å². The quantitative estimate of drug-likeness (QED) is 0.869. The number of aliphatic hydroxyl groups is 1. The Bertz CT molecular complexity index is 362. The SMILES string of the molecule is CC(C)C(=O)N(C)[C@H](C)[C@H](O)c1ccccc1. The summed E-state index contributed by atoms with van der Waals surface area (Å²) in [6, 6.07) is 9.19. The smallest absolute Gasteiger partial charge is 0.225 e. The molecule has 1 amide bonds. The summed E-state index contributed by atoms with van der Waals surface area (Å²) in [5.74, 6) is -0.00194. The highest BCUT2D eigenvalue weighted by molar-refractivity contribution is 5.78. The highest BCUT2D eigenvalue weighted by atomic mass is 16.3. The van der Waals surface area contributed by atoms with Gasteiger partial charge in [0.1, 0.15) is 0 Å². The molecule has 0 aliphatic heterocycles. The van der Waals surface area contributed by atoms with E-state index in [4.69, 9.17) is 0 Å². The van der Waals surface area contributed by atoms with E-state index in [9.17, 15) is 9.90 Å². The van der Waals surface area contributed by atoms with Crippen molar-refractivity contribution in [1.29, 1.82) is 0 Å². The van der Waals surface area contributed by atoms with Crippen molar-refractivity contribution in [2.75, 3.05) is 7.05 Å². The third-order valence-corrected chi connectivity index (χ3v) is 3.05. The highest BCUT2D eigenvalue weighted by Crippen LogP contribution is 2.20. The Kier molecular flexibility index (Phi) is 4.70. The van der Waals surface area contributed by atoms with E-state index in [2.05, 4.69) is 0 Å². The lowest BCUT2D eigenvalue weighted by Gasteiger charge is -2.30. The van der Waals surface area contributed by atoms with Crippen LogP contribution in [0.5, 0.6) is 0 Å². The number of benzene rings is 1. The van der Waals surface area contributed by atoms with Crippen LogP contribution in [0.4, 0.5) is 0 Å². The van der Waals surface area contributed by atoms with E-state index < -0.39 is 6.10 Å². The Morgan fingerprint density at radius 2 is 1.71 bits per heavy atom. The van der Waals surface area contributed by atoms with Gasteiger partial charge in [-0.25, -0.2) is 0 Å². The van der Waals surface area contributed by atoms with Crippen LogP contribution in [0.1, 0.15) is 32.4 Å². The second-order valence-electron chi connectivity index (χ2n) is 4.70. The fourth-order valence-corrected chi connectivity index (χ4v) is 1.75. The summed E-state index contributed by atoms with van der Waals surface area (Å²) < 4.78 is 0. The zero-order chi connectivity index (χ0) is 13.0. The van der Waals surface area contributed by atoms with E-state index >= 15 is 0 Å². The van der Waals surface area contributed by atoms with Crippen LogP contribution in [0.15, 0.2) is 30.3 Å². The first-order valence-corrected chi connectivity index (χ1v) is 5.94. The molecule has 2 atom stereocenters. The second-order valence-corrected chi connectivity index (χ2v) is 4.70. The minimum absolute atomic E-state index is 0.0486. The second kappa shape index (κ2) is 5.82. The summed E-state index contributed by atoms with van der Waals surface area (Å²) in [6.07, 6.45) is -0.649.